The molecule has 0 saturated carbocycles. The molecule has 110 valence electrons. The second-order valence-corrected chi connectivity index (χ2v) is 7.55. The fourth-order valence-electron chi connectivity index (χ4n) is 3.45. The van der Waals surface area contributed by atoms with Gasteiger partial charge in [0.05, 0.1) is 0 Å². The van der Waals surface area contributed by atoms with Gasteiger partial charge in [0.1, 0.15) is 5.75 Å². The SMILES string of the molecule is CC1(C)CCC(C)(C)c2cc(-c3ccccc3)c(O)cc21. The van der Waals surface area contributed by atoms with E-state index >= 15 is 0 Å². The van der Waals surface area contributed by atoms with E-state index in [2.05, 4.69) is 45.9 Å². The lowest BCUT2D eigenvalue weighted by Crippen LogP contribution is -2.33. The van der Waals surface area contributed by atoms with Crippen LogP contribution in [0, 0.1) is 0 Å². The number of hydrogen-bond acceptors (Lipinski definition) is 1. The average Bonchev–Trinajstić information content (AvgIpc) is 2.45. The topological polar surface area (TPSA) is 20.2 Å². The molecule has 1 aliphatic rings. The molecule has 21 heavy (non-hydrogen) atoms. The molecule has 0 aromatic heterocycles. The molecule has 2 aromatic rings. The van der Waals surface area contributed by atoms with Gasteiger partial charge in [-0.1, -0.05) is 58.0 Å². The van der Waals surface area contributed by atoms with Crippen LogP contribution < -0.4 is 0 Å². The third kappa shape index (κ3) is 2.35. The van der Waals surface area contributed by atoms with Crippen molar-refractivity contribution in [2.24, 2.45) is 0 Å². The van der Waals surface area contributed by atoms with Crippen molar-refractivity contribution in [3.8, 4) is 16.9 Å². The summed E-state index contributed by atoms with van der Waals surface area (Å²) in [4.78, 5) is 0. The summed E-state index contributed by atoms with van der Waals surface area (Å²) < 4.78 is 0. The first kappa shape index (κ1) is 14.2. The number of fused-ring (bicyclic) bond motifs is 1. The van der Waals surface area contributed by atoms with Gasteiger partial charge in [-0.15, -0.1) is 0 Å². The zero-order chi connectivity index (χ0) is 15.3. The van der Waals surface area contributed by atoms with E-state index in [0.717, 1.165) is 17.5 Å². The van der Waals surface area contributed by atoms with Gasteiger partial charge in [-0.3, -0.25) is 0 Å². The fourth-order valence-corrected chi connectivity index (χ4v) is 3.45. The van der Waals surface area contributed by atoms with E-state index in [4.69, 9.17) is 0 Å². The minimum Gasteiger partial charge on any atom is -0.507 e. The highest BCUT2D eigenvalue weighted by atomic mass is 16.3. The fraction of sp³-hybridized carbons (Fsp3) is 0.400. The molecular weight excluding hydrogens is 256 g/mol. The molecule has 0 heterocycles. The van der Waals surface area contributed by atoms with Crippen molar-refractivity contribution >= 4 is 0 Å². The minimum absolute atomic E-state index is 0.136. The molecule has 1 heteroatoms. The van der Waals surface area contributed by atoms with Crippen molar-refractivity contribution < 1.29 is 5.11 Å². The van der Waals surface area contributed by atoms with E-state index in [-0.39, 0.29) is 10.8 Å². The molecule has 0 atom stereocenters. The molecule has 0 saturated heterocycles. The van der Waals surface area contributed by atoms with Crippen LogP contribution in [0.4, 0.5) is 0 Å². The zero-order valence-electron chi connectivity index (χ0n) is 13.4. The van der Waals surface area contributed by atoms with E-state index in [9.17, 15) is 5.11 Å². The lowest BCUT2D eigenvalue weighted by atomic mass is 9.62. The van der Waals surface area contributed by atoms with Crippen molar-refractivity contribution in [2.75, 3.05) is 0 Å². The highest BCUT2D eigenvalue weighted by Crippen LogP contribution is 2.48. The molecular formula is C20H24O. The number of aromatic hydroxyl groups is 1. The van der Waals surface area contributed by atoms with Gasteiger partial charge < -0.3 is 5.11 Å². The van der Waals surface area contributed by atoms with Crippen molar-refractivity contribution in [1.82, 2.24) is 0 Å². The Balaban J connectivity index is 2.24. The quantitative estimate of drug-likeness (QED) is 0.740. The van der Waals surface area contributed by atoms with Crippen molar-refractivity contribution in [3.05, 3.63) is 53.6 Å². The van der Waals surface area contributed by atoms with Crippen LogP contribution >= 0.6 is 0 Å². The maximum atomic E-state index is 10.5. The molecule has 2 aromatic carbocycles. The summed E-state index contributed by atoms with van der Waals surface area (Å²) in [6, 6.07) is 14.4. The molecule has 0 spiro atoms. The molecule has 0 radical (unpaired) electrons. The molecule has 1 aliphatic carbocycles. The maximum absolute atomic E-state index is 10.5. The molecule has 0 bridgehead atoms. The van der Waals surface area contributed by atoms with Crippen LogP contribution in [-0.2, 0) is 10.8 Å². The van der Waals surface area contributed by atoms with Gasteiger partial charge in [-0.25, -0.2) is 0 Å². The Kier molecular flexibility index (Phi) is 3.12. The van der Waals surface area contributed by atoms with Crippen LogP contribution in [-0.4, -0.2) is 5.11 Å². The standard InChI is InChI=1S/C20H24O/c1-19(2)10-11-20(3,4)17-13-18(21)15(12-16(17)19)14-8-6-5-7-9-14/h5-9,12-13,21H,10-11H2,1-4H3. The van der Waals surface area contributed by atoms with Gasteiger partial charge in [0.2, 0.25) is 0 Å². The van der Waals surface area contributed by atoms with E-state index < -0.39 is 0 Å². The molecule has 0 unspecified atom stereocenters. The second kappa shape index (κ2) is 4.62. The van der Waals surface area contributed by atoms with E-state index in [1.54, 1.807) is 0 Å². The number of benzene rings is 2. The Morgan fingerprint density at radius 1 is 0.810 bits per heavy atom. The van der Waals surface area contributed by atoms with Gasteiger partial charge in [0, 0.05) is 5.56 Å². The van der Waals surface area contributed by atoms with E-state index in [1.807, 2.05) is 24.3 Å². The maximum Gasteiger partial charge on any atom is 0.123 e. The van der Waals surface area contributed by atoms with Gasteiger partial charge in [0.25, 0.3) is 0 Å². The smallest absolute Gasteiger partial charge is 0.123 e. The first-order chi connectivity index (χ1) is 9.81. The summed E-state index contributed by atoms with van der Waals surface area (Å²) >= 11 is 0. The lowest BCUT2D eigenvalue weighted by molar-refractivity contribution is 0.330. The van der Waals surface area contributed by atoms with Crippen LogP contribution in [0.2, 0.25) is 0 Å². The predicted octanol–water partition coefficient (Wildman–Crippen LogP) is 5.41. The molecule has 1 N–H and O–H groups in total. The van der Waals surface area contributed by atoms with E-state index in [0.29, 0.717) is 5.75 Å². The Morgan fingerprint density at radius 2 is 1.33 bits per heavy atom. The van der Waals surface area contributed by atoms with Gasteiger partial charge in [-0.05, 0) is 52.5 Å². The third-order valence-electron chi connectivity index (χ3n) is 5.05. The Morgan fingerprint density at radius 3 is 1.90 bits per heavy atom. The number of hydrogen-bond donors (Lipinski definition) is 1. The predicted molar refractivity (Wildman–Crippen MR) is 88.8 cm³/mol. The van der Waals surface area contributed by atoms with Gasteiger partial charge >= 0.3 is 0 Å². The van der Waals surface area contributed by atoms with Crippen LogP contribution in [0.25, 0.3) is 11.1 Å². The highest BCUT2D eigenvalue weighted by Gasteiger charge is 2.37. The molecule has 0 amide bonds. The van der Waals surface area contributed by atoms with Crippen LogP contribution in [0.15, 0.2) is 42.5 Å². The van der Waals surface area contributed by atoms with Crippen molar-refractivity contribution in [3.63, 3.8) is 0 Å². The number of rotatable bonds is 1. The summed E-state index contributed by atoms with van der Waals surface area (Å²) in [6.45, 7) is 9.19. The van der Waals surface area contributed by atoms with Crippen LogP contribution in [0.5, 0.6) is 5.75 Å². The number of phenolic OH excluding ortho intramolecular Hbond substituents is 1. The summed E-state index contributed by atoms with van der Waals surface area (Å²) in [5.74, 6) is 0.394. The minimum atomic E-state index is 0.136. The van der Waals surface area contributed by atoms with Crippen LogP contribution in [0.3, 0.4) is 0 Å². The molecule has 1 nitrogen and oxygen atoms in total. The summed E-state index contributed by atoms with van der Waals surface area (Å²) in [7, 11) is 0. The average molecular weight is 280 g/mol. The van der Waals surface area contributed by atoms with Gasteiger partial charge in [-0.2, -0.15) is 0 Å². The summed E-state index contributed by atoms with van der Waals surface area (Å²) in [5.41, 5.74) is 5.02. The van der Waals surface area contributed by atoms with Crippen LogP contribution in [0.1, 0.15) is 51.7 Å². The highest BCUT2D eigenvalue weighted by molar-refractivity contribution is 5.72. The third-order valence-corrected chi connectivity index (χ3v) is 5.05. The largest absolute Gasteiger partial charge is 0.507 e. The Labute approximate surface area is 127 Å². The summed E-state index contributed by atoms with van der Waals surface area (Å²) in [6.07, 6.45) is 2.35. The van der Waals surface area contributed by atoms with Crippen molar-refractivity contribution in [2.45, 2.75) is 51.4 Å². The first-order valence-electron chi connectivity index (χ1n) is 7.75. The normalized spacial score (nSPS) is 19.0. The first-order valence-corrected chi connectivity index (χ1v) is 7.75. The monoisotopic (exact) mass is 280 g/mol. The van der Waals surface area contributed by atoms with Gasteiger partial charge in [0.15, 0.2) is 0 Å². The molecule has 0 fully saturated rings. The summed E-state index contributed by atoms with van der Waals surface area (Å²) in [5, 5.41) is 10.5. The lowest BCUT2D eigenvalue weighted by Gasteiger charge is -2.42. The Bertz CT molecular complexity index is 666. The van der Waals surface area contributed by atoms with E-state index in [1.165, 1.54) is 17.5 Å². The Hall–Kier alpha value is -1.76. The molecule has 3 rings (SSSR count). The zero-order valence-corrected chi connectivity index (χ0v) is 13.4. The van der Waals surface area contributed by atoms with Crippen molar-refractivity contribution in [1.29, 1.82) is 0 Å². The second-order valence-electron chi connectivity index (χ2n) is 7.55. The molecule has 0 aliphatic heterocycles. The number of phenols is 1.